The minimum absolute atomic E-state index is 0.365. The summed E-state index contributed by atoms with van der Waals surface area (Å²) in [6.07, 6.45) is 3.68. The van der Waals surface area contributed by atoms with Crippen molar-refractivity contribution in [1.29, 1.82) is 0 Å². The Kier molecular flexibility index (Phi) is 4.53. The quantitative estimate of drug-likeness (QED) is 0.629. The summed E-state index contributed by atoms with van der Waals surface area (Å²) < 4.78 is 5.14. The molecule has 0 atom stereocenters. The second-order valence-electron chi connectivity index (χ2n) is 4.31. The molecule has 1 heterocycles. The number of aryl methyl sites for hydroxylation is 1. The van der Waals surface area contributed by atoms with Gasteiger partial charge in [-0.05, 0) is 49.4 Å². The first-order valence-corrected chi connectivity index (χ1v) is 6.52. The van der Waals surface area contributed by atoms with Crippen molar-refractivity contribution in [2.75, 3.05) is 0 Å². The minimum atomic E-state index is -0.365. The van der Waals surface area contributed by atoms with Crippen LogP contribution in [0.25, 0.3) is 12.2 Å². The molecule has 1 aromatic heterocycles. The Morgan fingerprint density at radius 1 is 1.25 bits per heavy atom. The molecule has 0 saturated heterocycles. The summed E-state index contributed by atoms with van der Waals surface area (Å²) in [7, 11) is 0. The lowest BCUT2D eigenvalue weighted by molar-refractivity contribution is -0.131. The average molecular weight is 288 g/mol. The molecule has 0 aliphatic rings. The molecule has 20 heavy (non-hydrogen) atoms. The van der Waals surface area contributed by atoms with Gasteiger partial charge in [-0.25, -0.2) is 0 Å². The summed E-state index contributed by atoms with van der Waals surface area (Å²) in [5.41, 5.74) is 2.51. The van der Waals surface area contributed by atoms with Gasteiger partial charge in [-0.15, -0.1) is 0 Å². The van der Waals surface area contributed by atoms with Crippen LogP contribution in [0.1, 0.15) is 23.9 Å². The van der Waals surface area contributed by atoms with E-state index in [0.29, 0.717) is 10.8 Å². The molecule has 0 saturated carbocycles. The van der Waals surface area contributed by atoms with Gasteiger partial charge in [0.1, 0.15) is 5.75 Å². The van der Waals surface area contributed by atoms with E-state index in [9.17, 15) is 4.79 Å². The first-order valence-electron chi connectivity index (χ1n) is 6.14. The van der Waals surface area contributed by atoms with E-state index in [1.165, 1.54) is 6.92 Å². The topological polar surface area (TPSA) is 39.2 Å². The highest BCUT2D eigenvalue weighted by Crippen LogP contribution is 2.25. The number of pyridine rings is 1. The maximum Gasteiger partial charge on any atom is 0.308 e. The number of hydrogen-bond acceptors (Lipinski definition) is 3. The third-order valence-electron chi connectivity index (χ3n) is 2.57. The molecule has 0 N–H and O–H groups in total. The number of esters is 1. The molecule has 0 bridgehead atoms. The van der Waals surface area contributed by atoms with Crippen LogP contribution in [-0.4, -0.2) is 11.0 Å². The molecule has 0 aliphatic carbocycles. The molecule has 0 fully saturated rings. The van der Waals surface area contributed by atoms with Crippen LogP contribution in [-0.2, 0) is 4.79 Å². The van der Waals surface area contributed by atoms with Crippen LogP contribution in [0.4, 0.5) is 0 Å². The van der Waals surface area contributed by atoms with Crippen LogP contribution < -0.4 is 4.74 Å². The van der Waals surface area contributed by atoms with Crippen LogP contribution in [0.2, 0.25) is 5.02 Å². The highest BCUT2D eigenvalue weighted by molar-refractivity contribution is 6.30. The van der Waals surface area contributed by atoms with Gasteiger partial charge in [-0.1, -0.05) is 17.7 Å². The molecule has 0 unspecified atom stereocenters. The monoisotopic (exact) mass is 287 g/mol. The van der Waals surface area contributed by atoms with Gasteiger partial charge in [0.25, 0.3) is 0 Å². The van der Waals surface area contributed by atoms with E-state index in [0.717, 1.165) is 17.0 Å². The standard InChI is InChI=1S/C16H14ClNO2/c1-11-4-3-5-15(18-11)8-6-13-10-14(17)7-9-16(13)20-12(2)19/h3-10H,1-2H3. The van der Waals surface area contributed by atoms with Gasteiger partial charge >= 0.3 is 5.97 Å². The Morgan fingerprint density at radius 3 is 2.75 bits per heavy atom. The first kappa shape index (κ1) is 14.3. The Morgan fingerprint density at radius 2 is 2.05 bits per heavy atom. The lowest BCUT2D eigenvalue weighted by atomic mass is 10.1. The van der Waals surface area contributed by atoms with Crippen molar-refractivity contribution in [3.05, 3.63) is 58.4 Å². The van der Waals surface area contributed by atoms with Crippen LogP contribution in [0.15, 0.2) is 36.4 Å². The lowest BCUT2D eigenvalue weighted by Crippen LogP contribution is -2.02. The van der Waals surface area contributed by atoms with Crippen LogP contribution in [0.3, 0.4) is 0 Å². The number of rotatable bonds is 3. The van der Waals surface area contributed by atoms with E-state index in [2.05, 4.69) is 4.98 Å². The molecule has 0 spiro atoms. The van der Waals surface area contributed by atoms with Crippen molar-refractivity contribution in [3.63, 3.8) is 0 Å². The van der Waals surface area contributed by atoms with E-state index in [-0.39, 0.29) is 5.97 Å². The first-order chi connectivity index (χ1) is 9.54. The van der Waals surface area contributed by atoms with Crippen LogP contribution in [0.5, 0.6) is 5.75 Å². The van der Waals surface area contributed by atoms with Gasteiger partial charge in [0.2, 0.25) is 0 Å². The number of halogens is 1. The fourth-order valence-corrected chi connectivity index (χ4v) is 1.91. The minimum Gasteiger partial charge on any atom is -0.426 e. The summed E-state index contributed by atoms with van der Waals surface area (Å²) in [5, 5.41) is 0.581. The molecule has 2 rings (SSSR count). The van der Waals surface area contributed by atoms with Crippen LogP contribution >= 0.6 is 11.6 Å². The van der Waals surface area contributed by atoms with Gasteiger partial charge in [0, 0.05) is 23.2 Å². The second-order valence-corrected chi connectivity index (χ2v) is 4.75. The van der Waals surface area contributed by atoms with E-state index in [1.807, 2.05) is 37.3 Å². The molecular weight excluding hydrogens is 274 g/mol. The third-order valence-corrected chi connectivity index (χ3v) is 2.80. The average Bonchev–Trinajstić information content (AvgIpc) is 2.39. The third kappa shape index (κ3) is 3.93. The predicted molar refractivity (Wildman–Crippen MR) is 80.7 cm³/mol. The molecule has 0 aliphatic heterocycles. The Labute approximate surface area is 122 Å². The summed E-state index contributed by atoms with van der Waals surface area (Å²) in [4.78, 5) is 15.5. The number of benzene rings is 1. The fraction of sp³-hybridized carbons (Fsp3) is 0.125. The number of hydrogen-bond donors (Lipinski definition) is 0. The normalized spacial score (nSPS) is 10.8. The van der Waals surface area contributed by atoms with Gasteiger partial charge < -0.3 is 4.74 Å². The van der Waals surface area contributed by atoms with Gasteiger partial charge in [0.15, 0.2) is 0 Å². The molecule has 2 aromatic rings. The van der Waals surface area contributed by atoms with Crippen molar-refractivity contribution < 1.29 is 9.53 Å². The number of nitrogens with zero attached hydrogens (tertiary/aromatic N) is 1. The van der Waals surface area contributed by atoms with Crippen molar-refractivity contribution in [1.82, 2.24) is 4.98 Å². The predicted octanol–water partition coefficient (Wildman–Crippen LogP) is 4.14. The van der Waals surface area contributed by atoms with Gasteiger partial charge in [-0.3, -0.25) is 9.78 Å². The zero-order valence-corrected chi connectivity index (χ0v) is 12.0. The Hall–Kier alpha value is -2.13. The highest BCUT2D eigenvalue weighted by atomic mass is 35.5. The van der Waals surface area contributed by atoms with Crippen molar-refractivity contribution in [2.24, 2.45) is 0 Å². The SMILES string of the molecule is CC(=O)Oc1ccc(Cl)cc1C=Cc1cccc(C)n1. The molecule has 4 heteroatoms. The fourth-order valence-electron chi connectivity index (χ4n) is 1.73. The zero-order chi connectivity index (χ0) is 14.5. The second kappa shape index (κ2) is 6.35. The molecule has 0 radical (unpaired) electrons. The number of ether oxygens (including phenoxy) is 1. The van der Waals surface area contributed by atoms with E-state index in [4.69, 9.17) is 16.3 Å². The lowest BCUT2D eigenvalue weighted by Gasteiger charge is -2.06. The highest BCUT2D eigenvalue weighted by Gasteiger charge is 2.04. The number of carbonyl (C=O) groups excluding carboxylic acids is 1. The number of carbonyl (C=O) groups is 1. The smallest absolute Gasteiger partial charge is 0.308 e. The van der Waals surface area contributed by atoms with Gasteiger partial charge in [0.05, 0.1) is 5.69 Å². The van der Waals surface area contributed by atoms with Gasteiger partial charge in [-0.2, -0.15) is 0 Å². The van der Waals surface area contributed by atoms with E-state index < -0.39 is 0 Å². The molecule has 1 aromatic carbocycles. The molecule has 3 nitrogen and oxygen atoms in total. The summed E-state index contributed by atoms with van der Waals surface area (Å²) in [6, 6.07) is 10.9. The van der Waals surface area contributed by atoms with Crippen LogP contribution in [0, 0.1) is 6.92 Å². The molecule has 0 amide bonds. The summed E-state index contributed by atoms with van der Waals surface area (Å²) >= 11 is 5.97. The molecular formula is C16H14ClNO2. The largest absolute Gasteiger partial charge is 0.426 e. The number of aromatic nitrogens is 1. The van der Waals surface area contributed by atoms with E-state index >= 15 is 0 Å². The van der Waals surface area contributed by atoms with Crippen molar-refractivity contribution in [3.8, 4) is 5.75 Å². The maximum atomic E-state index is 11.1. The maximum absolute atomic E-state index is 11.1. The van der Waals surface area contributed by atoms with Crippen molar-refractivity contribution >= 4 is 29.7 Å². The zero-order valence-electron chi connectivity index (χ0n) is 11.3. The van der Waals surface area contributed by atoms with Crippen molar-refractivity contribution in [2.45, 2.75) is 13.8 Å². The Bertz CT molecular complexity index is 665. The van der Waals surface area contributed by atoms with E-state index in [1.54, 1.807) is 18.2 Å². The summed E-state index contributed by atoms with van der Waals surface area (Å²) in [5.74, 6) is 0.112. The Balaban J connectivity index is 2.32. The molecule has 102 valence electrons. The summed E-state index contributed by atoms with van der Waals surface area (Å²) in [6.45, 7) is 3.30.